The van der Waals surface area contributed by atoms with E-state index in [-0.39, 0.29) is 6.09 Å². The Kier molecular flexibility index (Phi) is 6.43. The van der Waals surface area contributed by atoms with Crippen LogP contribution in [0.5, 0.6) is 0 Å². The van der Waals surface area contributed by atoms with Crippen LogP contribution in [0.4, 0.5) is 4.79 Å². The standard InChI is InChI=1S/C29H39N3O2/c1-21-17-30(18-22-8-6-5-7-9-22)20-27-26-11-10-24(16-25(26)19-32(21)27)23-12-14-31(15-13-23)28(33)34-29(2,3)4/h5-11,16,21,23,27H,12-15,17-20H2,1-4H3/t21-,27-/m1/s1. The van der Waals surface area contributed by atoms with Gasteiger partial charge in [0, 0.05) is 51.4 Å². The van der Waals surface area contributed by atoms with Gasteiger partial charge in [-0.25, -0.2) is 4.79 Å². The lowest BCUT2D eigenvalue weighted by atomic mass is 9.87. The molecule has 34 heavy (non-hydrogen) atoms. The van der Waals surface area contributed by atoms with Gasteiger partial charge in [0.2, 0.25) is 0 Å². The molecule has 0 aliphatic carbocycles. The maximum atomic E-state index is 12.4. The highest BCUT2D eigenvalue weighted by Gasteiger charge is 2.39. The fraction of sp³-hybridized carbons (Fsp3) is 0.552. The molecule has 2 aromatic carbocycles. The Bertz CT molecular complexity index is 1010. The molecule has 2 fully saturated rings. The zero-order valence-corrected chi connectivity index (χ0v) is 21.2. The summed E-state index contributed by atoms with van der Waals surface area (Å²) in [6.45, 7) is 14.0. The van der Waals surface area contributed by atoms with Gasteiger partial charge >= 0.3 is 6.09 Å². The number of likely N-dealkylation sites (tertiary alicyclic amines) is 1. The van der Waals surface area contributed by atoms with Crippen LogP contribution in [0.1, 0.15) is 74.8 Å². The van der Waals surface area contributed by atoms with Gasteiger partial charge < -0.3 is 9.64 Å². The third kappa shape index (κ3) is 5.01. The minimum atomic E-state index is -0.437. The number of ether oxygens (including phenoxy) is 1. The van der Waals surface area contributed by atoms with Crippen molar-refractivity contribution in [1.82, 2.24) is 14.7 Å². The van der Waals surface area contributed by atoms with E-state index in [1.54, 1.807) is 0 Å². The molecule has 182 valence electrons. The van der Waals surface area contributed by atoms with Crippen molar-refractivity contribution in [2.75, 3.05) is 26.2 Å². The maximum absolute atomic E-state index is 12.4. The summed E-state index contributed by atoms with van der Waals surface area (Å²) in [5, 5.41) is 0. The highest BCUT2D eigenvalue weighted by atomic mass is 16.6. The number of carbonyl (C=O) groups excluding carboxylic acids is 1. The van der Waals surface area contributed by atoms with E-state index in [2.05, 4.69) is 65.3 Å². The van der Waals surface area contributed by atoms with E-state index in [4.69, 9.17) is 4.74 Å². The van der Waals surface area contributed by atoms with Crippen LogP contribution in [0.2, 0.25) is 0 Å². The normalized spacial score (nSPS) is 24.1. The third-order valence-corrected chi connectivity index (χ3v) is 7.67. The van der Waals surface area contributed by atoms with Crippen molar-refractivity contribution in [2.45, 2.75) is 77.2 Å². The molecule has 5 rings (SSSR count). The lowest BCUT2D eigenvalue weighted by Gasteiger charge is -2.42. The average Bonchev–Trinajstić information content (AvgIpc) is 3.17. The molecule has 0 radical (unpaired) electrons. The van der Waals surface area contributed by atoms with Crippen molar-refractivity contribution in [3.8, 4) is 0 Å². The van der Waals surface area contributed by atoms with Crippen molar-refractivity contribution in [3.63, 3.8) is 0 Å². The van der Waals surface area contributed by atoms with Crippen molar-refractivity contribution in [3.05, 3.63) is 70.8 Å². The van der Waals surface area contributed by atoms with Crippen LogP contribution >= 0.6 is 0 Å². The first-order valence-corrected chi connectivity index (χ1v) is 12.9. The molecule has 0 unspecified atom stereocenters. The topological polar surface area (TPSA) is 36.0 Å². The van der Waals surface area contributed by atoms with E-state index in [0.717, 1.165) is 52.1 Å². The van der Waals surface area contributed by atoms with E-state index < -0.39 is 5.60 Å². The summed E-state index contributed by atoms with van der Waals surface area (Å²) in [6, 6.07) is 19.1. The summed E-state index contributed by atoms with van der Waals surface area (Å²) in [4.78, 5) is 19.6. The number of hydrogen-bond donors (Lipinski definition) is 0. The number of piperazine rings is 1. The second-order valence-electron chi connectivity index (χ2n) is 11.4. The molecule has 5 nitrogen and oxygen atoms in total. The molecule has 0 saturated carbocycles. The smallest absolute Gasteiger partial charge is 0.410 e. The molecular formula is C29H39N3O2. The fourth-order valence-electron chi connectivity index (χ4n) is 5.98. The van der Waals surface area contributed by atoms with Gasteiger partial charge in [-0.2, -0.15) is 0 Å². The van der Waals surface area contributed by atoms with Crippen LogP contribution in [0.25, 0.3) is 0 Å². The van der Waals surface area contributed by atoms with Crippen LogP contribution in [-0.2, 0) is 17.8 Å². The highest BCUT2D eigenvalue weighted by Crippen LogP contribution is 2.41. The van der Waals surface area contributed by atoms with Crippen molar-refractivity contribution >= 4 is 6.09 Å². The first kappa shape index (κ1) is 23.4. The molecule has 0 aromatic heterocycles. The minimum Gasteiger partial charge on any atom is -0.444 e. The number of nitrogens with zero attached hydrogens (tertiary/aromatic N) is 3. The average molecular weight is 462 g/mol. The van der Waals surface area contributed by atoms with E-state index in [1.165, 1.54) is 22.3 Å². The SMILES string of the molecule is C[C@@H]1CN(Cc2ccccc2)C[C@@H]2c3ccc(C4CCN(C(=O)OC(C)(C)C)CC4)cc3CN12. The number of piperidine rings is 1. The maximum Gasteiger partial charge on any atom is 0.410 e. The summed E-state index contributed by atoms with van der Waals surface area (Å²) in [5.74, 6) is 0.522. The third-order valence-electron chi connectivity index (χ3n) is 7.67. The first-order valence-electron chi connectivity index (χ1n) is 12.9. The van der Waals surface area contributed by atoms with Crippen molar-refractivity contribution < 1.29 is 9.53 Å². The van der Waals surface area contributed by atoms with Crippen LogP contribution in [-0.4, -0.2) is 58.6 Å². The number of hydrogen-bond acceptors (Lipinski definition) is 4. The van der Waals surface area contributed by atoms with E-state index in [1.807, 2.05) is 25.7 Å². The van der Waals surface area contributed by atoms with Gasteiger partial charge in [0.25, 0.3) is 0 Å². The molecule has 3 aliphatic heterocycles. The second-order valence-corrected chi connectivity index (χ2v) is 11.4. The molecule has 3 aliphatic rings. The molecule has 1 amide bonds. The van der Waals surface area contributed by atoms with Gasteiger partial charge in [-0.1, -0.05) is 48.5 Å². The van der Waals surface area contributed by atoms with Crippen LogP contribution in [0.3, 0.4) is 0 Å². The molecule has 2 saturated heterocycles. The number of amides is 1. The Morgan fingerprint density at radius 2 is 1.76 bits per heavy atom. The fourth-order valence-corrected chi connectivity index (χ4v) is 5.98. The quantitative estimate of drug-likeness (QED) is 0.599. The Morgan fingerprint density at radius 1 is 1.03 bits per heavy atom. The Hall–Kier alpha value is -2.37. The van der Waals surface area contributed by atoms with Gasteiger partial charge in [0.05, 0.1) is 0 Å². The van der Waals surface area contributed by atoms with Gasteiger partial charge in [-0.15, -0.1) is 0 Å². The van der Waals surface area contributed by atoms with Gasteiger partial charge in [-0.3, -0.25) is 9.80 Å². The predicted octanol–water partition coefficient (Wildman–Crippen LogP) is 5.56. The van der Waals surface area contributed by atoms with Gasteiger partial charge in [-0.05, 0) is 68.7 Å². The number of rotatable bonds is 3. The minimum absolute atomic E-state index is 0.175. The zero-order chi connectivity index (χ0) is 23.9. The van der Waals surface area contributed by atoms with E-state index in [9.17, 15) is 4.79 Å². The van der Waals surface area contributed by atoms with Gasteiger partial charge in [0.1, 0.15) is 5.60 Å². The molecule has 0 spiro atoms. The lowest BCUT2D eigenvalue weighted by Crippen LogP contribution is -2.50. The van der Waals surface area contributed by atoms with E-state index in [0.29, 0.717) is 18.0 Å². The Balaban J connectivity index is 1.23. The summed E-state index contributed by atoms with van der Waals surface area (Å²) in [6.07, 6.45) is 1.84. The molecule has 0 bridgehead atoms. The summed E-state index contributed by atoms with van der Waals surface area (Å²) < 4.78 is 5.57. The van der Waals surface area contributed by atoms with Crippen molar-refractivity contribution in [1.29, 1.82) is 0 Å². The largest absolute Gasteiger partial charge is 0.444 e. The first-order chi connectivity index (χ1) is 16.3. The summed E-state index contributed by atoms with van der Waals surface area (Å²) in [7, 11) is 0. The summed E-state index contributed by atoms with van der Waals surface area (Å²) in [5.41, 5.74) is 5.42. The monoisotopic (exact) mass is 461 g/mol. The van der Waals surface area contributed by atoms with E-state index >= 15 is 0 Å². The predicted molar refractivity (Wildman–Crippen MR) is 136 cm³/mol. The van der Waals surface area contributed by atoms with Crippen LogP contribution in [0.15, 0.2) is 48.5 Å². The Labute approximate surface area is 204 Å². The highest BCUT2D eigenvalue weighted by molar-refractivity contribution is 5.68. The molecule has 0 N–H and O–H groups in total. The molecule has 2 aromatic rings. The molecular weight excluding hydrogens is 422 g/mol. The summed E-state index contributed by atoms with van der Waals surface area (Å²) >= 11 is 0. The van der Waals surface area contributed by atoms with Gasteiger partial charge in [0.15, 0.2) is 0 Å². The van der Waals surface area contributed by atoms with Crippen LogP contribution in [0, 0.1) is 0 Å². The zero-order valence-electron chi connectivity index (χ0n) is 21.2. The molecule has 2 atom stereocenters. The molecule has 5 heteroatoms. The Morgan fingerprint density at radius 3 is 2.47 bits per heavy atom. The molecule has 3 heterocycles. The van der Waals surface area contributed by atoms with Crippen molar-refractivity contribution in [2.24, 2.45) is 0 Å². The lowest BCUT2D eigenvalue weighted by molar-refractivity contribution is 0.0205. The van der Waals surface area contributed by atoms with Crippen LogP contribution < -0.4 is 0 Å². The number of fused-ring (bicyclic) bond motifs is 3. The second kappa shape index (κ2) is 9.35. The number of benzene rings is 2. The number of carbonyl (C=O) groups is 1.